The first-order valence-electron chi connectivity index (χ1n) is 18.9. The lowest BCUT2D eigenvalue weighted by atomic mass is 9.92. The van der Waals surface area contributed by atoms with Crippen molar-refractivity contribution in [1.82, 2.24) is 20.2 Å². The second kappa shape index (κ2) is 19.0. The first-order valence-corrected chi connectivity index (χ1v) is 20.6. The Morgan fingerprint density at radius 2 is 1.43 bits per heavy atom. The van der Waals surface area contributed by atoms with Crippen LogP contribution in [0.1, 0.15) is 62.6 Å². The van der Waals surface area contributed by atoms with Crippen LogP contribution in [0.25, 0.3) is 5.69 Å². The van der Waals surface area contributed by atoms with Crippen molar-refractivity contribution in [2.45, 2.75) is 94.3 Å². The third kappa shape index (κ3) is 11.2. The maximum atomic E-state index is 13.9. The normalized spacial score (nSPS) is 18.7. The average Bonchev–Trinajstić information content (AvgIpc) is 3.89. The van der Waals surface area contributed by atoms with E-state index in [0.29, 0.717) is 38.3 Å². The van der Waals surface area contributed by atoms with Crippen LogP contribution in [0, 0.1) is 0 Å². The fourth-order valence-corrected chi connectivity index (χ4v) is 8.25. The number of hydrogen-bond donors (Lipinski definition) is 0. The third-order valence-electron chi connectivity index (χ3n) is 10.3. The minimum atomic E-state index is -3.92. The van der Waals surface area contributed by atoms with E-state index in [1.807, 2.05) is 91.9 Å². The van der Waals surface area contributed by atoms with Gasteiger partial charge in [-0.1, -0.05) is 77.9 Å². The van der Waals surface area contributed by atoms with Crippen molar-refractivity contribution in [3.05, 3.63) is 126 Å². The lowest BCUT2D eigenvalue weighted by molar-refractivity contribution is -0.137. The van der Waals surface area contributed by atoms with E-state index in [9.17, 15) is 8.42 Å². The number of rotatable bonds is 21. The van der Waals surface area contributed by atoms with E-state index in [4.69, 9.17) is 28.4 Å². The molecule has 0 bridgehead atoms. The van der Waals surface area contributed by atoms with Gasteiger partial charge in [-0.25, -0.2) is 8.42 Å². The molecule has 5 aromatic rings. The van der Waals surface area contributed by atoms with Crippen molar-refractivity contribution in [1.29, 1.82) is 0 Å². The Kier molecular flexibility index (Phi) is 13.9. The van der Waals surface area contributed by atoms with Crippen LogP contribution in [0.4, 0.5) is 0 Å². The predicted molar refractivity (Wildman–Crippen MR) is 211 cm³/mol. The summed E-state index contributed by atoms with van der Waals surface area (Å²) in [6, 6.07) is 34.5. The number of aromatic nitrogens is 4. The van der Waals surface area contributed by atoms with E-state index in [1.54, 1.807) is 38.5 Å². The van der Waals surface area contributed by atoms with Gasteiger partial charge in [-0.15, -0.1) is 0 Å². The summed E-state index contributed by atoms with van der Waals surface area (Å²) in [7, 11) is -0.655. The molecule has 2 heterocycles. The van der Waals surface area contributed by atoms with E-state index in [2.05, 4.69) is 22.4 Å². The molecule has 1 saturated heterocycles. The molecule has 0 radical (unpaired) electrons. The predicted octanol–water partition coefficient (Wildman–Crippen LogP) is 7.34. The summed E-state index contributed by atoms with van der Waals surface area (Å²) in [5.41, 5.74) is 2.25. The van der Waals surface area contributed by atoms with Gasteiger partial charge >= 0.3 is 0 Å². The molecule has 13 heteroatoms. The maximum absolute atomic E-state index is 13.9. The molecule has 1 aliphatic rings. The Morgan fingerprint density at radius 3 is 2.07 bits per heavy atom. The Bertz CT molecular complexity index is 2050. The molecule has 1 fully saturated rings. The van der Waals surface area contributed by atoms with Crippen molar-refractivity contribution >= 4 is 9.84 Å². The summed E-state index contributed by atoms with van der Waals surface area (Å²) < 4.78 is 66.0. The first-order chi connectivity index (χ1) is 27.1. The number of para-hydroxylation sites is 1. The van der Waals surface area contributed by atoms with Crippen molar-refractivity contribution in [2.24, 2.45) is 0 Å². The molecule has 298 valence electrons. The minimum Gasteiger partial charge on any atom is -0.497 e. The monoisotopic (exact) mass is 784 g/mol. The van der Waals surface area contributed by atoms with Crippen LogP contribution in [0.5, 0.6) is 11.5 Å². The summed E-state index contributed by atoms with van der Waals surface area (Å²) in [5, 5.41) is 11.4. The van der Waals surface area contributed by atoms with E-state index >= 15 is 0 Å². The molecule has 0 saturated carbocycles. The van der Waals surface area contributed by atoms with Crippen LogP contribution >= 0.6 is 0 Å². The van der Waals surface area contributed by atoms with E-state index < -0.39 is 21.0 Å². The highest BCUT2D eigenvalue weighted by Gasteiger charge is 2.41. The smallest absolute Gasteiger partial charge is 0.272 e. The topological polar surface area (TPSA) is 133 Å². The minimum absolute atomic E-state index is 0.189. The third-order valence-corrected chi connectivity index (χ3v) is 11.8. The molecule has 4 aromatic carbocycles. The summed E-state index contributed by atoms with van der Waals surface area (Å²) >= 11 is 0. The molecule has 1 aliphatic heterocycles. The van der Waals surface area contributed by atoms with E-state index in [1.165, 1.54) is 4.68 Å². The molecule has 12 nitrogen and oxygen atoms in total. The zero-order chi connectivity index (χ0) is 39.4. The lowest BCUT2D eigenvalue weighted by Crippen LogP contribution is -2.38. The number of hydrogen-bond acceptors (Lipinski definition) is 11. The molecule has 6 rings (SSSR count). The highest BCUT2D eigenvalue weighted by Crippen LogP contribution is 2.36. The van der Waals surface area contributed by atoms with Crippen molar-refractivity contribution in [3.8, 4) is 17.2 Å². The van der Waals surface area contributed by atoms with Gasteiger partial charge in [0.2, 0.25) is 9.84 Å². The Labute approximate surface area is 330 Å². The first kappa shape index (κ1) is 41.0. The summed E-state index contributed by atoms with van der Waals surface area (Å²) in [6.07, 6.45) is 2.34. The second-order valence-electron chi connectivity index (χ2n) is 14.7. The maximum Gasteiger partial charge on any atom is 0.272 e. The van der Waals surface area contributed by atoms with Gasteiger partial charge in [0.1, 0.15) is 11.5 Å². The van der Waals surface area contributed by atoms with E-state index in [0.717, 1.165) is 41.0 Å². The van der Waals surface area contributed by atoms with Crippen LogP contribution < -0.4 is 9.47 Å². The van der Waals surface area contributed by atoms with Gasteiger partial charge < -0.3 is 28.4 Å². The standard InChI is InChI=1S/C43H52N4O8S/c1-42(54-31-35-17-21-38(51-4)22-18-35,27-28-56(48,49)41-44-45-46-47(41)36-13-9-6-10-14-36)25-23-39(53-30-34-15-19-37(50-3)20-16-34)40-24-26-43(2,55-40)32-52-29-33-11-7-5-8-12-33/h5-22,39-40H,23-32H2,1-4H3/t39-,40-,42+,43-/m1/s1. The molecule has 0 amide bonds. The highest BCUT2D eigenvalue weighted by atomic mass is 32.2. The molecule has 4 atom stereocenters. The Balaban J connectivity index is 1.19. The van der Waals surface area contributed by atoms with E-state index in [-0.39, 0.29) is 36.1 Å². The van der Waals surface area contributed by atoms with Crippen molar-refractivity contribution in [3.63, 3.8) is 0 Å². The fourth-order valence-electron chi connectivity index (χ4n) is 6.80. The molecule has 0 N–H and O–H groups in total. The highest BCUT2D eigenvalue weighted by molar-refractivity contribution is 7.91. The van der Waals surface area contributed by atoms with Crippen molar-refractivity contribution < 1.29 is 36.8 Å². The SMILES string of the molecule is COc1ccc(CO[C@H](CC[C@@](C)(CCS(=O)(=O)c2nnnn2-c2ccccc2)OCc2ccc(OC)cc2)[C@H]2CC[C@](C)(COCc3ccccc3)O2)cc1. The van der Waals surface area contributed by atoms with Crippen LogP contribution in [-0.2, 0) is 48.6 Å². The quantitative estimate of drug-likeness (QED) is 0.0741. The van der Waals surface area contributed by atoms with Gasteiger partial charge in [-0.05, 0) is 109 Å². The number of sulfone groups is 1. The Morgan fingerprint density at radius 1 is 0.821 bits per heavy atom. The average molecular weight is 785 g/mol. The van der Waals surface area contributed by atoms with Gasteiger partial charge in [0, 0.05) is 0 Å². The zero-order valence-electron chi connectivity index (χ0n) is 32.6. The molecule has 0 spiro atoms. The largest absolute Gasteiger partial charge is 0.497 e. The molecule has 0 unspecified atom stereocenters. The van der Waals surface area contributed by atoms with Gasteiger partial charge in [0.05, 0.1) is 75.5 Å². The lowest BCUT2D eigenvalue weighted by Gasteiger charge is -2.34. The van der Waals surface area contributed by atoms with Crippen LogP contribution in [-0.4, -0.2) is 78.6 Å². The molecular formula is C43H52N4O8S. The van der Waals surface area contributed by atoms with Gasteiger partial charge in [0.15, 0.2) is 0 Å². The number of nitrogens with zero attached hydrogens (tertiary/aromatic N) is 4. The number of tetrazole rings is 1. The fraction of sp³-hybridized carbons (Fsp3) is 0.419. The number of methoxy groups -OCH3 is 2. The van der Waals surface area contributed by atoms with Crippen molar-refractivity contribution in [2.75, 3.05) is 26.6 Å². The molecule has 56 heavy (non-hydrogen) atoms. The van der Waals surface area contributed by atoms with Crippen LogP contribution in [0.15, 0.2) is 114 Å². The number of benzene rings is 4. The molecule has 0 aliphatic carbocycles. The zero-order valence-corrected chi connectivity index (χ0v) is 33.4. The Hall–Kier alpha value is -4.66. The van der Waals surface area contributed by atoms with Gasteiger partial charge in [-0.2, -0.15) is 4.68 Å². The van der Waals surface area contributed by atoms with Gasteiger partial charge in [-0.3, -0.25) is 0 Å². The molecular weight excluding hydrogens is 733 g/mol. The van der Waals surface area contributed by atoms with Crippen LogP contribution in [0.2, 0.25) is 0 Å². The van der Waals surface area contributed by atoms with Gasteiger partial charge in [0.25, 0.3) is 5.16 Å². The number of ether oxygens (including phenoxy) is 6. The summed E-state index contributed by atoms with van der Waals surface area (Å²) in [5.74, 6) is 1.28. The molecule has 1 aromatic heterocycles. The summed E-state index contributed by atoms with van der Waals surface area (Å²) in [4.78, 5) is 0. The van der Waals surface area contributed by atoms with Crippen LogP contribution in [0.3, 0.4) is 0 Å². The second-order valence-corrected chi connectivity index (χ2v) is 16.7. The summed E-state index contributed by atoms with van der Waals surface area (Å²) in [6.45, 7) is 5.66.